The molecule has 40 heavy (non-hydrogen) atoms. The van der Waals surface area contributed by atoms with Crippen LogP contribution >= 0.6 is 0 Å². The average molecular weight is 542 g/mol. The molecule has 0 radical (unpaired) electrons. The van der Waals surface area contributed by atoms with Gasteiger partial charge in [0.2, 0.25) is 5.88 Å². The SMILES string of the molecule is NC(=O)OC(=O)C1CCC(n2nc(-c3ccc4ccc(Oc5ccccc5)nc4c3F)c3c(N)ncnc32)CC1. The van der Waals surface area contributed by atoms with Crippen LogP contribution in [-0.4, -0.2) is 36.8 Å². The number of aromatic nitrogens is 5. The van der Waals surface area contributed by atoms with Crippen molar-refractivity contribution >= 4 is 39.8 Å². The van der Waals surface area contributed by atoms with Crippen molar-refractivity contribution < 1.29 is 23.5 Å². The molecule has 202 valence electrons. The number of nitrogens with two attached hydrogens (primary N) is 2. The number of halogens is 1. The molecule has 0 spiro atoms. The fraction of sp³-hybridized carbons (Fsp3) is 0.214. The number of carbonyl (C=O) groups excluding carboxylic acids is 2. The van der Waals surface area contributed by atoms with Gasteiger partial charge in [-0.3, -0.25) is 4.79 Å². The number of fused-ring (bicyclic) bond motifs is 2. The van der Waals surface area contributed by atoms with Crippen LogP contribution in [0.2, 0.25) is 0 Å². The third-order valence-corrected chi connectivity index (χ3v) is 7.09. The molecule has 2 aromatic carbocycles. The summed E-state index contributed by atoms with van der Waals surface area (Å²) < 4.78 is 28.2. The van der Waals surface area contributed by atoms with Gasteiger partial charge in [0.05, 0.1) is 17.3 Å². The van der Waals surface area contributed by atoms with Crippen LogP contribution in [-0.2, 0) is 9.53 Å². The summed E-state index contributed by atoms with van der Waals surface area (Å²) in [7, 11) is 0. The highest BCUT2D eigenvalue weighted by Crippen LogP contribution is 2.39. The van der Waals surface area contributed by atoms with Gasteiger partial charge in [0.15, 0.2) is 11.5 Å². The summed E-state index contributed by atoms with van der Waals surface area (Å²) >= 11 is 0. The minimum Gasteiger partial charge on any atom is -0.439 e. The highest BCUT2D eigenvalue weighted by Gasteiger charge is 2.32. The zero-order chi connectivity index (χ0) is 27.8. The molecule has 1 aliphatic rings. The predicted molar refractivity (Wildman–Crippen MR) is 144 cm³/mol. The Morgan fingerprint density at radius 1 is 0.975 bits per heavy atom. The number of carbonyl (C=O) groups is 2. The number of amides is 1. The smallest absolute Gasteiger partial charge is 0.412 e. The third-order valence-electron chi connectivity index (χ3n) is 7.09. The van der Waals surface area contributed by atoms with Crippen LogP contribution in [0.3, 0.4) is 0 Å². The number of nitrogens with zero attached hydrogens (tertiary/aromatic N) is 5. The van der Waals surface area contributed by atoms with E-state index in [1.807, 2.05) is 18.2 Å². The zero-order valence-corrected chi connectivity index (χ0v) is 21.2. The lowest BCUT2D eigenvalue weighted by Crippen LogP contribution is -2.29. The van der Waals surface area contributed by atoms with Crippen molar-refractivity contribution in [2.75, 3.05) is 5.73 Å². The summed E-state index contributed by atoms with van der Waals surface area (Å²) in [4.78, 5) is 36.0. The van der Waals surface area contributed by atoms with Gasteiger partial charge in [-0.05, 0) is 49.9 Å². The molecule has 3 heterocycles. The lowest BCUT2D eigenvalue weighted by atomic mass is 9.86. The van der Waals surface area contributed by atoms with Gasteiger partial charge >= 0.3 is 12.1 Å². The Hall–Kier alpha value is -5.13. The van der Waals surface area contributed by atoms with Gasteiger partial charge in [-0.1, -0.05) is 24.3 Å². The predicted octanol–water partition coefficient (Wildman–Crippen LogP) is 4.91. The van der Waals surface area contributed by atoms with Crippen molar-refractivity contribution in [3.8, 4) is 22.9 Å². The van der Waals surface area contributed by atoms with Gasteiger partial charge in [0.1, 0.15) is 29.1 Å². The Labute approximate surface area is 226 Å². The maximum Gasteiger partial charge on any atom is 0.412 e. The van der Waals surface area contributed by atoms with Gasteiger partial charge < -0.3 is 20.9 Å². The number of esters is 1. The van der Waals surface area contributed by atoms with Crippen molar-refractivity contribution in [1.29, 1.82) is 0 Å². The Balaban J connectivity index is 1.37. The summed E-state index contributed by atoms with van der Waals surface area (Å²) in [6.45, 7) is 0. The number of ether oxygens (including phenoxy) is 2. The summed E-state index contributed by atoms with van der Waals surface area (Å²) in [6.07, 6.45) is 2.26. The number of hydrogen-bond acceptors (Lipinski definition) is 9. The van der Waals surface area contributed by atoms with E-state index in [9.17, 15) is 9.59 Å². The normalized spacial score (nSPS) is 17.1. The Morgan fingerprint density at radius 3 is 2.48 bits per heavy atom. The minimum atomic E-state index is -1.12. The number of nitrogen functional groups attached to an aromatic ring is 1. The van der Waals surface area contributed by atoms with Crippen molar-refractivity contribution in [2.24, 2.45) is 11.7 Å². The van der Waals surface area contributed by atoms with E-state index in [-0.39, 0.29) is 28.8 Å². The number of para-hydroxylation sites is 1. The molecule has 0 unspecified atom stereocenters. The number of hydrogen-bond donors (Lipinski definition) is 2. The van der Waals surface area contributed by atoms with E-state index < -0.39 is 23.8 Å². The molecule has 0 saturated heterocycles. The van der Waals surface area contributed by atoms with Crippen LogP contribution in [0.4, 0.5) is 15.0 Å². The molecule has 1 aliphatic carbocycles. The van der Waals surface area contributed by atoms with Gasteiger partial charge in [-0.15, -0.1) is 0 Å². The molecule has 5 aromatic rings. The third kappa shape index (κ3) is 4.64. The standard InChI is InChI=1S/C28H24FN7O4/c29-22-19(12-8-15-9-13-20(34-23(15)22)39-18-4-2-1-3-5-18)24-21-25(30)32-14-33-26(21)36(35-24)17-10-6-16(7-11-17)27(37)40-28(31)38/h1-5,8-9,12-14,16-17H,6-7,10-11H2,(H2,31,38)(H2,30,32,33). The number of rotatable bonds is 5. The molecule has 4 N–H and O–H groups in total. The van der Waals surface area contributed by atoms with E-state index in [0.29, 0.717) is 53.5 Å². The van der Waals surface area contributed by atoms with Crippen LogP contribution < -0.4 is 16.2 Å². The first kappa shape index (κ1) is 25.2. The van der Waals surface area contributed by atoms with Crippen molar-refractivity contribution in [3.05, 3.63) is 66.7 Å². The first-order chi connectivity index (χ1) is 19.4. The highest BCUT2D eigenvalue weighted by molar-refractivity contribution is 6.00. The van der Waals surface area contributed by atoms with Gasteiger partial charge in [-0.25, -0.2) is 28.8 Å². The van der Waals surface area contributed by atoms with E-state index in [4.69, 9.17) is 21.3 Å². The molecule has 6 rings (SSSR count). The Bertz CT molecular complexity index is 1750. The monoisotopic (exact) mass is 541 g/mol. The maximum atomic E-state index is 16.1. The Kier molecular flexibility index (Phi) is 6.42. The van der Waals surface area contributed by atoms with Crippen molar-refractivity contribution in [1.82, 2.24) is 24.7 Å². The summed E-state index contributed by atoms with van der Waals surface area (Å²) in [6, 6.07) is 15.8. The maximum absolute atomic E-state index is 16.1. The quantitative estimate of drug-likeness (QED) is 0.233. The molecule has 11 nitrogen and oxygen atoms in total. The summed E-state index contributed by atoms with van der Waals surface area (Å²) in [5, 5.41) is 5.78. The number of benzene rings is 2. The summed E-state index contributed by atoms with van der Waals surface area (Å²) in [5.74, 6) is -0.661. The van der Waals surface area contributed by atoms with Gasteiger partial charge in [0.25, 0.3) is 0 Å². The first-order valence-electron chi connectivity index (χ1n) is 12.7. The van der Waals surface area contributed by atoms with E-state index in [0.717, 1.165) is 0 Å². The molecular formula is C28H24FN7O4. The second-order valence-corrected chi connectivity index (χ2v) is 9.56. The van der Waals surface area contributed by atoms with Crippen LogP contribution in [0.25, 0.3) is 33.2 Å². The molecule has 12 heteroatoms. The highest BCUT2D eigenvalue weighted by atomic mass is 19.1. The molecule has 0 bridgehead atoms. The lowest BCUT2D eigenvalue weighted by molar-refractivity contribution is -0.143. The Morgan fingerprint density at radius 2 is 1.73 bits per heavy atom. The molecule has 3 aromatic heterocycles. The van der Waals surface area contributed by atoms with Crippen molar-refractivity contribution in [3.63, 3.8) is 0 Å². The molecule has 1 amide bonds. The zero-order valence-electron chi connectivity index (χ0n) is 21.2. The molecule has 0 atom stereocenters. The molecular weight excluding hydrogens is 517 g/mol. The van der Waals surface area contributed by atoms with Crippen LogP contribution in [0.5, 0.6) is 11.6 Å². The fourth-order valence-electron chi connectivity index (χ4n) is 5.16. The van der Waals surface area contributed by atoms with Crippen LogP contribution in [0, 0.1) is 11.7 Å². The van der Waals surface area contributed by atoms with Crippen LogP contribution in [0.15, 0.2) is 60.9 Å². The van der Waals surface area contributed by atoms with Gasteiger partial charge in [0, 0.05) is 17.0 Å². The van der Waals surface area contributed by atoms with E-state index in [1.54, 1.807) is 41.1 Å². The number of pyridine rings is 1. The van der Waals surface area contributed by atoms with Gasteiger partial charge in [-0.2, -0.15) is 5.10 Å². The van der Waals surface area contributed by atoms with E-state index in [2.05, 4.69) is 19.7 Å². The fourth-order valence-corrected chi connectivity index (χ4v) is 5.16. The largest absolute Gasteiger partial charge is 0.439 e. The molecule has 1 saturated carbocycles. The van der Waals surface area contributed by atoms with Crippen LogP contribution in [0.1, 0.15) is 31.7 Å². The number of primary amides is 1. The second kappa shape index (κ2) is 10.2. The minimum absolute atomic E-state index is 0.123. The lowest BCUT2D eigenvalue weighted by Gasteiger charge is -2.27. The second-order valence-electron chi connectivity index (χ2n) is 9.56. The average Bonchev–Trinajstić information content (AvgIpc) is 3.34. The molecule has 1 fully saturated rings. The number of anilines is 1. The molecule has 0 aliphatic heterocycles. The summed E-state index contributed by atoms with van der Waals surface area (Å²) in [5.41, 5.74) is 12.3. The van der Waals surface area contributed by atoms with E-state index in [1.165, 1.54) is 6.33 Å². The topological polar surface area (TPSA) is 161 Å². The van der Waals surface area contributed by atoms with Crippen molar-refractivity contribution in [2.45, 2.75) is 31.7 Å². The van der Waals surface area contributed by atoms with E-state index >= 15 is 4.39 Å². The first-order valence-corrected chi connectivity index (χ1v) is 12.7.